The number of aromatic nitrogens is 3. The zero-order valence-electron chi connectivity index (χ0n) is 18.6. The van der Waals surface area contributed by atoms with Crippen LogP contribution in [0.3, 0.4) is 0 Å². The Bertz CT molecular complexity index is 1410. The molecule has 0 saturated heterocycles. The van der Waals surface area contributed by atoms with E-state index in [1.165, 1.54) is 10.6 Å². The zero-order chi connectivity index (χ0) is 24.5. The van der Waals surface area contributed by atoms with Gasteiger partial charge in [-0.25, -0.2) is 9.78 Å². The zero-order valence-corrected chi connectivity index (χ0v) is 18.6. The Hall–Kier alpha value is -3.88. The van der Waals surface area contributed by atoms with Crippen LogP contribution >= 0.6 is 0 Å². The SMILES string of the molecule is CC(CCNC(=O)c1cccc(-c2cnc3[nH]c(=O)n(C)c3c2)c1)c1cccc(C(F)(F)F)c1. The minimum atomic E-state index is -4.38. The number of H-pyrrole nitrogens is 1. The minimum Gasteiger partial charge on any atom is -0.352 e. The molecule has 1 atom stereocenters. The highest BCUT2D eigenvalue weighted by atomic mass is 19.4. The van der Waals surface area contributed by atoms with E-state index in [4.69, 9.17) is 0 Å². The van der Waals surface area contributed by atoms with Gasteiger partial charge in [0.05, 0.1) is 11.1 Å². The van der Waals surface area contributed by atoms with Crippen molar-refractivity contribution in [1.29, 1.82) is 0 Å². The van der Waals surface area contributed by atoms with Gasteiger partial charge >= 0.3 is 11.9 Å². The van der Waals surface area contributed by atoms with E-state index in [0.29, 0.717) is 35.3 Å². The Kier molecular flexibility index (Phi) is 6.28. The molecule has 1 amide bonds. The number of hydrogen-bond donors (Lipinski definition) is 2. The van der Waals surface area contributed by atoms with Crippen LogP contribution in [0.2, 0.25) is 0 Å². The highest BCUT2D eigenvalue weighted by molar-refractivity contribution is 5.95. The average Bonchev–Trinajstić information content (AvgIpc) is 3.11. The second kappa shape index (κ2) is 9.17. The molecule has 9 heteroatoms. The monoisotopic (exact) mass is 468 g/mol. The fourth-order valence-electron chi connectivity index (χ4n) is 3.79. The van der Waals surface area contributed by atoms with E-state index in [2.05, 4.69) is 15.3 Å². The van der Waals surface area contributed by atoms with Gasteiger partial charge in [0.25, 0.3) is 5.91 Å². The van der Waals surface area contributed by atoms with E-state index in [9.17, 15) is 22.8 Å². The quantitative estimate of drug-likeness (QED) is 0.424. The first-order chi connectivity index (χ1) is 16.1. The maximum absolute atomic E-state index is 13.0. The van der Waals surface area contributed by atoms with Crippen molar-refractivity contribution in [2.45, 2.75) is 25.4 Å². The summed E-state index contributed by atoms with van der Waals surface area (Å²) in [5, 5.41) is 2.84. The van der Waals surface area contributed by atoms with Crippen molar-refractivity contribution in [3.8, 4) is 11.1 Å². The van der Waals surface area contributed by atoms with Crippen molar-refractivity contribution in [2.24, 2.45) is 7.05 Å². The van der Waals surface area contributed by atoms with E-state index in [0.717, 1.165) is 23.3 Å². The predicted octanol–water partition coefficient (Wildman–Crippen LogP) is 4.87. The number of benzene rings is 2. The predicted molar refractivity (Wildman–Crippen MR) is 124 cm³/mol. The first-order valence-electron chi connectivity index (χ1n) is 10.7. The molecule has 4 rings (SSSR count). The lowest BCUT2D eigenvalue weighted by molar-refractivity contribution is -0.137. The molecule has 0 bridgehead atoms. The van der Waals surface area contributed by atoms with Gasteiger partial charge in [-0.15, -0.1) is 0 Å². The molecule has 0 aliphatic heterocycles. The first-order valence-corrected chi connectivity index (χ1v) is 10.7. The van der Waals surface area contributed by atoms with Crippen LogP contribution in [0.15, 0.2) is 65.6 Å². The molecule has 2 heterocycles. The molecule has 4 aromatic rings. The lowest BCUT2D eigenvalue weighted by atomic mass is 9.96. The Balaban J connectivity index is 1.42. The normalized spacial score (nSPS) is 12.6. The van der Waals surface area contributed by atoms with Crippen molar-refractivity contribution >= 4 is 17.1 Å². The van der Waals surface area contributed by atoms with Gasteiger partial charge in [0, 0.05) is 30.9 Å². The molecule has 0 aliphatic rings. The third-order valence-electron chi connectivity index (χ3n) is 5.86. The van der Waals surface area contributed by atoms with E-state index in [1.54, 1.807) is 37.5 Å². The Labute approximate surface area is 193 Å². The lowest BCUT2D eigenvalue weighted by Crippen LogP contribution is -2.25. The van der Waals surface area contributed by atoms with Gasteiger partial charge in [0.15, 0.2) is 5.65 Å². The van der Waals surface area contributed by atoms with Gasteiger partial charge in [-0.1, -0.05) is 37.3 Å². The Morgan fingerprint density at radius 3 is 2.65 bits per heavy atom. The van der Waals surface area contributed by atoms with Crippen LogP contribution in [0.1, 0.15) is 40.7 Å². The Morgan fingerprint density at radius 2 is 1.88 bits per heavy atom. The fourth-order valence-corrected chi connectivity index (χ4v) is 3.79. The number of aromatic amines is 1. The third kappa shape index (κ3) is 4.88. The number of pyridine rings is 1. The number of halogens is 3. The van der Waals surface area contributed by atoms with Crippen LogP contribution in [-0.2, 0) is 13.2 Å². The van der Waals surface area contributed by atoms with Crippen molar-refractivity contribution in [3.63, 3.8) is 0 Å². The van der Waals surface area contributed by atoms with Gasteiger partial charge in [0.1, 0.15) is 0 Å². The molecule has 1 unspecified atom stereocenters. The maximum Gasteiger partial charge on any atom is 0.416 e. The van der Waals surface area contributed by atoms with Gasteiger partial charge in [-0.05, 0) is 47.7 Å². The molecule has 6 nitrogen and oxygen atoms in total. The van der Waals surface area contributed by atoms with E-state index in [1.807, 2.05) is 19.1 Å². The molecule has 2 aromatic heterocycles. The number of nitrogens with zero attached hydrogens (tertiary/aromatic N) is 2. The number of amides is 1. The molecule has 0 fully saturated rings. The van der Waals surface area contributed by atoms with Crippen molar-refractivity contribution in [2.75, 3.05) is 6.54 Å². The molecule has 176 valence electrons. The van der Waals surface area contributed by atoms with E-state index >= 15 is 0 Å². The van der Waals surface area contributed by atoms with Gasteiger partial charge in [0.2, 0.25) is 0 Å². The third-order valence-corrected chi connectivity index (χ3v) is 5.86. The number of aryl methyl sites for hydroxylation is 1. The second-order valence-electron chi connectivity index (χ2n) is 8.23. The summed E-state index contributed by atoms with van der Waals surface area (Å²) in [4.78, 5) is 31.4. The number of imidazole rings is 1. The van der Waals surface area contributed by atoms with Crippen LogP contribution in [0, 0.1) is 0 Å². The molecular weight excluding hydrogens is 445 g/mol. The lowest BCUT2D eigenvalue weighted by Gasteiger charge is -2.15. The maximum atomic E-state index is 13.0. The molecule has 0 aliphatic carbocycles. The summed E-state index contributed by atoms with van der Waals surface area (Å²) in [6.45, 7) is 2.15. The summed E-state index contributed by atoms with van der Waals surface area (Å²) < 4.78 is 40.3. The molecule has 2 aromatic carbocycles. The minimum absolute atomic E-state index is 0.153. The Morgan fingerprint density at radius 1 is 1.12 bits per heavy atom. The van der Waals surface area contributed by atoms with Gasteiger partial charge in [-0.2, -0.15) is 13.2 Å². The summed E-state index contributed by atoms with van der Waals surface area (Å²) >= 11 is 0. The topological polar surface area (TPSA) is 79.8 Å². The summed E-state index contributed by atoms with van der Waals surface area (Å²) in [7, 11) is 1.65. The van der Waals surface area contributed by atoms with Crippen LogP contribution in [-0.4, -0.2) is 27.0 Å². The van der Waals surface area contributed by atoms with Crippen molar-refractivity contribution < 1.29 is 18.0 Å². The molecule has 0 saturated carbocycles. The van der Waals surface area contributed by atoms with Crippen LogP contribution < -0.4 is 11.0 Å². The molecular formula is C25H23F3N4O2. The first kappa shape index (κ1) is 23.3. The highest BCUT2D eigenvalue weighted by Crippen LogP contribution is 2.31. The molecule has 0 radical (unpaired) electrons. The largest absolute Gasteiger partial charge is 0.416 e. The number of hydrogen-bond acceptors (Lipinski definition) is 3. The standard InChI is InChI=1S/C25H23F3N4O2/c1-15(16-5-4-8-20(12-16)25(26,27)28)9-10-29-23(33)18-7-3-6-17(11-18)19-13-21-22(30-14-19)31-24(34)32(21)2/h3-8,11-15H,9-10H2,1-2H3,(H,29,33)(H,30,31,34). The summed E-state index contributed by atoms with van der Waals surface area (Å²) in [6, 6.07) is 14.1. The van der Waals surface area contributed by atoms with Gasteiger partial charge < -0.3 is 5.32 Å². The van der Waals surface area contributed by atoms with Gasteiger partial charge in [-0.3, -0.25) is 14.3 Å². The molecule has 0 spiro atoms. The smallest absolute Gasteiger partial charge is 0.352 e. The van der Waals surface area contributed by atoms with Crippen molar-refractivity contribution in [1.82, 2.24) is 19.9 Å². The number of alkyl halides is 3. The van der Waals surface area contributed by atoms with E-state index in [-0.39, 0.29) is 17.5 Å². The number of rotatable bonds is 6. The molecule has 34 heavy (non-hydrogen) atoms. The number of fused-ring (bicyclic) bond motifs is 1. The van der Waals surface area contributed by atoms with Crippen molar-refractivity contribution in [3.05, 3.63) is 88.0 Å². The van der Waals surface area contributed by atoms with E-state index < -0.39 is 11.7 Å². The number of nitrogens with one attached hydrogen (secondary N) is 2. The summed E-state index contributed by atoms with van der Waals surface area (Å²) in [5.41, 5.74) is 2.77. The molecule has 2 N–H and O–H groups in total. The van der Waals surface area contributed by atoms with Crippen LogP contribution in [0.4, 0.5) is 13.2 Å². The fraction of sp³-hybridized carbons (Fsp3) is 0.240. The average molecular weight is 468 g/mol. The van der Waals surface area contributed by atoms with Crippen LogP contribution in [0.25, 0.3) is 22.3 Å². The highest BCUT2D eigenvalue weighted by Gasteiger charge is 2.30. The van der Waals surface area contributed by atoms with Crippen LogP contribution in [0.5, 0.6) is 0 Å². The second-order valence-corrected chi connectivity index (χ2v) is 8.23. The number of carbonyl (C=O) groups excluding carboxylic acids is 1. The summed E-state index contributed by atoms with van der Waals surface area (Å²) in [5.74, 6) is -0.430. The summed E-state index contributed by atoms with van der Waals surface area (Å²) in [6.07, 6.45) is -2.26. The number of carbonyl (C=O) groups is 1.